The largest absolute Gasteiger partial charge is 0.316 e. The fraction of sp³-hybridized carbons (Fsp3) is 0.923. The molecule has 0 radical (unpaired) electrons. The lowest BCUT2D eigenvalue weighted by molar-refractivity contribution is 0.265. The Morgan fingerprint density at radius 1 is 1.39 bits per heavy atom. The lowest BCUT2D eigenvalue weighted by Crippen LogP contribution is -2.35. The molecular formula is C13H27N5. The van der Waals surface area contributed by atoms with Crippen LogP contribution in [0.5, 0.6) is 0 Å². The van der Waals surface area contributed by atoms with Crippen molar-refractivity contribution in [2.45, 2.75) is 47.0 Å². The highest BCUT2D eigenvalue weighted by atomic mass is 15.6. The van der Waals surface area contributed by atoms with Gasteiger partial charge in [-0.25, -0.2) is 0 Å². The quantitative estimate of drug-likeness (QED) is 0.767. The minimum Gasteiger partial charge on any atom is -0.316 e. The molecule has 104 valence electrons. The van der Waals surface area contributed by atoms with E-state index in [1.165, 1.54) is 17.6 Å². The summed E-state index contributed by atoms with van der Waals surface area (Å²) >= 11 is 0. The van der Waals surface area contributed by atoms with Gasteiger partial charge in [0.2, 0.25) is 0 Å². The van der Waals surface area contributed by atoms with Crippen molar-refractivity contribution in [3.05, 3.63) is 5.82 Å². The Hall–Kier alpha value is -0.970. The van der Waals surface area contributed by atoms with E-state index in [-0.39, 0.29) is 5.41 Å². The zero-order valence-corrected chi connectivity index (χ0v) is 12.4. The highest BCUT2D eigenvalue weighted by Gasteiger charge is 2.25. The molecule has 18 heavy (non-hydrogen) atoms. The number of nitrogens with zero attached hydrogens (tertiary/aromatic N) is 4. The molecule has 0 bridgehead atoms. The zero-order chi connectivity index (χ0) is 13.6. The van der Waals surface area contributed by atoms with Crippen LogP contribution in [0.1, 0.15) is 46.4 Å². The number of nitrogens with one attached hydrogen (secondary N) is 1. The first-order valence-electron chi connectivity index (χ1n) is 6.89. The smallest absolute Gasteiger partial charge is 0.175 e. The van der Waals surface area contributed by atoms with Gasteiger partial charge in [-0.3, -0.25) is 0 Å². The average molecular weight is 253 g/mol. The summed E-state index contributed by atoms with van der Waals surface area (Å²) in [6, 6.07) is 0. The Morgan fingerprint density at radius 3 is 2.61 bits per heavy atom. The van der Waals surface area contributed by atoms with E-state index < -0.39 is 0 Å². The van der Waals surface area contributed by atoms with Crippen molar-refractivity contribution in [2.75, 3.05) is 13.1 Å². The van der Waals surface area contributed by atoms with Gasteiger partial charge in [0, 0.05) is 13.0 Å². The Balaban J connectivity index is 2.55. The summed E-state index contributed by atoms with van der Waals surface area (Å²) in [7, 11) is 1.81. The fourth-order valence-corrected chi connectivity index (χ4v) is 2.28. The Kier molecular flexibility index (Phi) is 5.72. The SMILES string of the molecule is CCCC(C)(CNCC(C)C)Cc1nnn(C)n1. The molecule has 0 spiro atoms. The van der Waals surface area contributed by atoms with Gasteiger partial charge in [0.05, 0.1) is 7.05 Å². The molecule has 0 aliphatic heterocycles. The van der Waals surface area contributed by atoms with E-state index in [1.807, 2.05) is 7.05 Å². The molecular weight excluding hydrogens is 226 g/mol. The molecule has 1 aromatic heterocycles. The van der Waals surface area contributed by atoms with E-state index in [4.69, 9.17) is 0 Å². The van der Waals surface area contributed by atoms with Crippen molar-refractivity contribution >= 4 is 0 Å². The number of aryl methyl sites for hydroxylation is 1. The summed E-state index contributed by atoms with van der Waals surface area (Å²) in [5.74, 6) is 1.53. The van der Waals surface area contributed by atoms with Gasteiger partial charge in [-0.2, -0.15) is 4.80 Å². The first kappa shape index (κ1) is 15.1. The van der Waals surface area contributed by atoms with Crippen molar-refractivity contribution in [3.63, 3.8) is 0 Å². The molecule has 1 atom stereocenters. The third kappa shape index (κ3) is 5.12. The van der Waals surface area contributed by atoms with Crippen molar-refractivity contribution in [3.8, 4) is 0 Å². The molecule has 1 N–H and O–H groups in total. The molecule has 1 rings (SSSR count). The van der Waals surface area contributed by atoms with Crippen LogP contribution in [0.2, 0.25) is 0 Å². The highest BCUT2D eigenvalue weighted by molar-refractivity contribution is 4.89. The Bertz CT molecular complexity index is 347. The summed E-state index contributed by atoms with van der Waals surface area (Å²) in [4.78, 5) is 1.53. The zero-order valence-electron chi connectivity index (χ0n) is 12.4. The van der Waals surface area contributed by atoms with E-state index in [1.54, 1.807) is 0 Å². The maximum absolute atomic E-state index is 4.29. The summed E-state index contributed by atoms with van der Waals surface area (Å²) in [5, 5.41) is 15.8. The second-order valence-electron chi connectivity index (χ2n) is 5.96. The summed E-state index contributed by atoms with van der Waals surface area (Å²) in [6.45, 7) is 11.1. The minimum absolute atomic E-state index is 0.215. The number of rotatable bonds is 8. The van der Waals surface area contributed by atoms with Gasteiger partial charge in [-0.1, -0.05) is 34.1 Å². The van der Waals surface area contributed by atoms with Crippen molar-refractivity contribution < 1.29 is 0 Å². The minimum atomic E-state index is 0.215. The molecule has 1 heterocycles. The van der Waals surface area contributed by atoms with Crippen LogP contribution in [0, 0.1) is 11.3 Å². The van der Waals surface area contributed by atoms with Crippen LogP contribution in [0.15, 0.2) is 0 Å². The summed E-state index contributed by atoms with van der Waals surface area (Å²) in [6.07, 6.45) is 3.25. The second kappa shape index (κ2) is 6.83. The standard InChI is InChI=1S/C13H27N5/c1-6-7-13(4,10-14-9-11(2)3)8-12-15-17-18(5)16-12/h11,14H,6-10H2,1-5H3. The van der Waals surface area contributed by atoms with Crippen molar-refractivity contribution in [2.24, 2.45) is 18.4 Å². The summed E-state index contributed by atoms with van der Waals surface area (Å²) < 4.78 is 0. The maximum Gasteiger partial charge on any atom is 0.175 e. The fourth-order valence-electron chi connectivity index (χ4n) is 2.28. The molecule has 5 heteroatoms. The van der Waals surface area contributed by atoms with Gasteiger partial charge in [0.25, 0.3) is 0 Å². The van der Waals surface area contributed by atoms with E-state index in [2.05, 4.69) is 48.4 Å². The maximum atomic E-state index is 4.29. The molecule has 5 nitrogen and oxygen atoms in total. The number of hydrogen-bond acceptors (Lipinski definition) is 4. The molecule has 0 aromatic carbocycles. The topological polar surface area (TPSA) is 55.6 Å². The van der Waals surface area contributed by atoms with Crippen LogP contribution in [0.4, 0.5) is 0 Å². The van der Waals surface area contributed by atoms with E-state index in [9.17, 15) is 0 Å². The third-order valence-electron chi connectivity index (χ3n) is 3.09. The van der Waals surface area contributed by atoms with Gasteiger partial charge in [0.15, 0.2) is 5.82 Å². The summed E-state index contributed by atoms with van der Waals surface area (Å²) in [5.41, 5.74) is 0.215. The lowest BCUT2D eigenvalue weighted by Gasteiger charge is -2.28. The first-order chi connectivity index (χ1) is 8.45. The predicted molar refractivity (Wildman–Crippen MR) is 73.2 cm³/mol. The number of aromatic nitrogens is 4. The van der Waals surface area contributed by atoms with Gasteiger partial charge >= 0.3 is 0 Å². The lowest BCUT2D eigenvalue weighted by atomic mass is 9.82. The molecule has 0 aliphatic carbocycles. The van der Waals surface area contributed by atoms with Crippen LogP contribution in [0.3, 0.4) is 0 Å². The van der Waals surface area contributed by atoms with Gasteiger partial charge in [-0.15, -0.1) is 10.2 Å². The van der Waals surface area contributed by atoms with Crippen LogP contribution in [-0.4, -0.2) is 33.3 Å². The molecule has 0 saturated heterocycles. The average Bonchev–Trinajstić information content (AvgIpc) is 2.63. The van der Waals surface area contributed by atoms with Gasteiger partial charge < -0.3 is 5.32 Å². The highest BCUT2D eigenvalue weighted by Crippen LogP contribution is 2.26. The molecule has 1 unspecified atom stereocenters. The Morgan fingerprint density at radius 2 is 2.11 bits per heavy atom. The number of tetrazole rings is 1. The van der Waals surface area contributed by atoms with Crippen molar-refractivity contribution in [1.82, 2.24) is 25.5 Å². The van der Waals surface area contributed by atoms with Gasteiger partial charge in [0.1, 0.15) is 0 Å². The van der Waals surface area contributed by atoms with Crippen LogP contribution < -0.4 is 5.32 Å². The van der Waals surface area contributed by atoms with Crippen LogP contribution >= 0.6 is 0 Å². The first-order valence-corrected chi connectivity index (χ1v) is 6.89. The molecule has 0 aliphatic rings. The van der Waals surface area contributed by atoms with E-state index >= 15 is 0 Å². The van der Waals surface area contributed by atoms with E-state index in [0.717, 1.165) is 25.3 Å². The number of hydrogen-bond donors (Lipinski definition) is 1. The molecule has 1 aromatic rings. The normalized spacial score (nSPS) is 15.0. The van der Waals surface area contributed by atoms with Gasteiger partial charge in [-0.05, 0) is 29.5 Å². The van der Waals surface area contributed by atoms with Crippen molar-refractivity contribution in [1.29, 1.82) is 0 Å². The molecule has 0 saturated carbocycles. The Labute approximate surface area is 110 Å². The van der Waals surface area contributed by atoms with Crippen LogP contribution in [0.25, 0.3) is 0 Å². The van der Waals surface area contributed by atoms with Crippen LogP contribution in [-0.2, 0) is 13.5 Å². The molecule has 0 amide bonds. The van der Waals surface area contributed by atoms with E-state index in [0.29, 0.717) is 5.92 Å². The second-order valence-corrected chi connectivity index (χ2v) is 5.96. The third-order valence-corrected chi connectivity index (χ3v) is 3.09. The predicted octanol–water partition coefficient (Wildman–Crippen LogP) is 1.80. The monoisotopic (exact) mass is 253 g/mol. The molecule has 0 fully saturated rings.